The fourth-order valence-electron chi connectivity index (χ4n) is 2.11. The molecule has 0 spiro atoms. The van der Waals surface area contributed by atoms with Crippen molar-refractivity contribution in [2.75, 3.05) is 13.2 Å². The highest BCUT2D eigenvalue weighted by atomic mass is 19.1. The smallest absolute Gasteiger partial charge is 0.161 e. The van der Waals surface area contributed by atoms with Crippen molar-refractivity contribution in [2.45, 2.75) is 38.9 Å². The van der Waals surface area contributed by atoms with Crippen LogP contribution < -0.4 is 15.2 Å². The van der Waals surface area contributed by atoms with E-state index < -0.39 is 11.7 Å². The van der Waals surface area contributed by atoms with E-state index in [1.54, 1.807) is 6.07 Å². The number of nitrogens with two attached hydrogens (primary N) is 1. The first-order valence-corrected chi connectivity index (χ1v) is 6.26. The van der Waals surface area contributed by atoms with E-state index in [9.17, 15) is 4.39 Å². The molecular formula is C14H20FNO2. The Morgan fingerprint density at radius 1 is 1.22 bits per heavy atom. The van der Waals surface area contributed by atoms with Crippen molar-refractivity contribution in [1.82, 2.24) is 0 Å². The number of ether oxygens (including phenoxy) is 2. The fourth-order valence-corrected chi connectivity index (χ4v) is 2.11. The van der Waals surface area contributed by atoms with E-state index in [2.05, 4.69) is 0 Å². The van der Waals surface area contributed by atoms with E-state index >= 15 is 0 Å². The molecule has 4 heteroatoms. The Hall–Kier alpha value is -1.29. The molecule has 0 saturated heterocycles. The Morgan fingerprint density at radius 3 is 2.28 bits per heavy atom. The van der Waals surface area contributed by atoms with Gasteiger partial charge in [-0.25, -0.2) is 4.39 Å². The van der Waals surface area contributed by atoms with Gasteiger partial charge in [-0.1, -0.05) is 0 Å². The van der Waals surface area contributed by atoms with Crippen LogP contribution in [0.3, 0.4) is 0 Å². The van der Waals surface area contributed by atoms with Gasteiger partial charge in [0.2, 0.25) is 0 Å². The molecule has 1 aliphatic rings. The van der Waals surface area contributed by atoms with Crippen molar-refractivity contribution in [3.05, 3.63) is 23.3 Å². The maximum Gasteiger partial charge on any atom is 0.161 e. The van der Waals surface area contributed by atoms with E-state index in [4.69, 9.17) is 15.2 Å². The summed E-state index contributed by atoms with van der Waals surface area (Å²) in [4.78, 5) is 0. The molecule has 1 aliphatic heterocycles. The van der Waals surface area contributed by atoms with Gasteiger partial charge in [0, 0.05) is 12.0 Å². The SMILES string of the molecule is CC(F)c1cc2c(cc1C(C)(C)N)OCCCO2. The zero-order valence-corrected chi connectivity index (χ0v) is 11.1. The molecule has 0 amide bonds. The van der Waals surface area contributed by atoms with Gasteiger partial charge >= 0.3 is 0 Å². The number of benzene rings is 1. The topological polar surface area (TPSA) is 44.5 Å². The molecule has 2 rings (SSSR count). The Kier molecular flexibility index (Phi) is 3.48. The Balaban J connectivity index is 2.55. The number of halogens is 1. The van der Waals surface area contributed by atoms with Crippen LogP contribution in [0.5, 0.6) is 11.5 Å². The second-order valence-corrected chi connectivity index (χ2v) is 5.27. The highest BCUT2D eigenvalue weighted by molar-refractivity contribution is 5.50. The second-order valence-electron chi connectivity index (χ2n) is 5.27. The minimum atomic E-state index is -1.08. The zero-order chi connectivity index (χ0) is 13.3. The lowest BCUT2D eigenvalue weighted by Crippen LogP contribution is -2.30. The Bertz CT molecular complexity index is 438. The van der Waals surface area contributed by atoms with Gasteiger partial charge in [-0.2, -0.15) is 0 Å². The van der Waals surface area contributed by atoms with Crippen LogP contribution in [-0.4, -0.2) is 13.2 Å². The Labute approximate surface area is 107 Å². The standard InChI is InChI=1S/C14H20FNO2/c1-9(15)10-7-12-13(18-6-4-5-17-12)8-11(10)14(2,3)16/h7-9H,4-6,16H2,1-3H3. The van der Waals surface area contributed by atoms with Crippen molar-refractivity contribution < 1.29 is 13.9 Å². The molecule has 1 heterocycles. The van der Waals surface area contributed by atoms with E-state index in [1.165, 1.54) is 6.92 Å². The lowest BCUT2D eigenvalue weighted by molar-refractivity contribution is 0.296. The van der Waals surface area contributed by atoms with Crippen molar-refractivity contribution in [2.24, 2.45) is 5.73 Å². The first kappa shape index (κ1) is 13.1. The lowest BCUT2D eigenvalue weighted by atomic mass is 9.89. The van der Waals surface area contributed by atoms with Crippen LogP contribution in [0.1, 0.15) is 44.5 Å². The van der Waals surface area contributed by atoms with Crippen LogP contribution >= 0.6 is 0 Å². The van der Waals surface area contributed by atoms with E-state index in [0.29, 0.717) is 30.3 Å². The number of hydrogen-bond acceptors (Lipinski definition) is 3. The monoisotopic (exact) mass is 253 g/mol. The summed E-state index contributed by atoms with van der Waals surface area (Å²) in [6.07, 6.45) is -0.253. The van der Waals surface area contributed by atoms with E-state index in [0.717, 1.165) is 12.0 Å². The van der Waals surface area contributed by atoms with Gasteiger partial charge in [0.05, 0.1) is 13.2 Å². The minimum absolute atomic E-state index is 0.576. The van der Waals surface area contributed by atoms with Gasteiger partial charge in [0.1, 0.15) is 6.17 Å². The average Bonchev–Trinajstić information content (AvgIpc) is 2.50. The summed E-state index contributed by atoms with van der Waals surface area (Å²) < 4.78 is 24.9. The molecule has 0 aromatic heterocycles. The number of rotatable bonds is 2. The van der Waals surface area contributed by atoms with Crippen molar-refractivity contribution >= 4 is 0 Å². The lowest BCUT2D eigenvalue weighted by Gasteiger charge is -2.25. The molecule has 100 valence electrons. The number of hydrogen-bond donors (Lipinski definition) is 1. The third-order valence-electron chi connectivity index (χ3n) is 3.04. The first-order valence-electron chi connectivity index (χ1n) is 6.26. The predicted molar refractivity (Wildman–Crippen MR) is 68.8 cm³/mol. The van der Waals surface area contributed by atoms with Gasteiger partial charge in [0.25, 0.3) is 0 Å². The Morgan fingerprint density at radius 2 is 1.78 bits per heavy atom. The van der Waals surface area contributed by atoms with Crippen molar-refractivity contribution in [3.63, 3.8) is 0 Å². The van der Waals surface area contributed by atoms with Crippen LogP contribution in [-0.2, 0) is 5.54 Å². The molecule has 0 bridgehead atoms. The van der Waals surface area contributed by atoms with Crippen LogP contribution in [0.15, 0.2) is 12.1 Å². The number of fused-ring (bicyclic) bond motifs is 1. The highest BCUT2D eigenvalue weighted by Gasteiger charge is 2.25. The minimum Gasteiger partial charge on any atom is -0.490 e. The largest absolute Gasteiger partial charge is 0.490 e. The summed E-state index contributed by atoms with van der Waals surface area (Å²) in [5.41, 5.74) is 6.84. The summed E-state index contributed by atoms with van der Waals surface area (Å²) in [7, 11) is 0. The molecule has 1 aromatic rings. The quantitative estimate of drug-likeness (QED) is 0.881. The summed E-state index contributed by atoms with van der Waals surface area (Å²) >= 11 is 0. The normalized spacial score (nSPS) is 17.2. The molecule has 1 aromatic carbocycles. The molecule has 0 fully saturated rings. The zero-order valence-electron chi connectivity index (χ0n) is 11.1. The number of alkyl halides is 1. The van der Waals surface area contributed by atoms with Gasteiger partial charge < -0.3 is 15.2 Å². The van der Waals surface area contributed by atoms with E-state index in [-0.39, 0.29) is 0 Å². The average molecular weight is 253 g/mol. The molecule has 3 nitrogen and oxygen atoms in total. The second kappa shape index (κ2) is 4.76. The van der Waals surface area contributed by atoms with Crippen LogP contribution in [0.4, 0.5) is 4.39 Å². The van der Waals surface area contributed by atoms with Gasteiger partial charge in [0.15, 0.2) is 11.5 Å². The first-order chi connectivity index (χ1) is 8.39. The summed E-state index contributed by atoms with van der Waals surface area (Å²) in [6.45, 7) is 6.44. The van der Waals surface area contributed by atoms with Crippen LogP contribution in [0.2, 0.25) is 0 Å². The summed E-state index contributed by atoms with van der Waals surface area (Å²) in [5.74, 6) is 1.27. The van der Waals surface area contributed by atoms with Crippen molar-refractivity contribution in [3.8, 4) is 11.5 Å². The molecular weight excluding hydrogens is 233 g/mol. The van der Waals surface area contributed by atoms with Crippen molar-refractivity contribution in [1.29, 1.82) is 0 Å². The molecule has 2 N–H and O–H groups in total. The molecule has 1 unspecified atom stereocenters. The predicted octanol–water partition coefficient (Wildman–Crippen LogP) is 3.07. The molecule has 1 atom stereocenters. The third-order valence-corrected chi connectivity index (χ3v) is 3.04. The summed E-state index contributed by atoms with van der Waals surface area (Å²) in [6, 6.07) is 3.53. The third kappa shape index (κ3) is 2.58. The van der Waals surface area contributed by atoms with Gasteiger partial charge in [-0.05, 0) is 44.0 Å². The van der Waals surface area contributed by atoms with Gasteiger partial charge in [-0.3, -0.25) is 0 Å². The molecule has 0 aliphatic carbocycles. The maximum atomic E-state index is 13.7. The fraction of sp³-hybridized carbons (Fsp3) is 0.571. The molecule has 0 radical (unpaired) electrons. The molecule has 18 heavy (non-hydrogen) atoms. The van der Waals surface area contributed by atoms with E-state index in [1.807, 2.05) is 19.9 Å². The van der Waals surface area contributed by atoms with Crippen LogP contribution in [0.25, 0.3) is 0 Å². The maximum absolute atomic E-state index is 13.7. The molecule has 0 saturated carbocycles. The van der Waals surface area contributed by atoms with Gasteiger partial charge in [-0.15, -0.1) is 0 Å². The van der Waals surface area contributed by atoms with Crippen LogP contribution in [0, 0.1) is 0 Å². The summed E-state index contributed by atoms with van der Waals surface area (Å²) in [5, 5.41) is 0. The highest BCUT2D eigenvalue weighted by Crippen LogP contribution is 2.39.